The summed E-state index contributed by atoms with van der Waals surface area (Å²) in [5.74, 6) is -0.550. The molecule has 2 aliphatic rings. The molecule has 0 atom stereocenters. The molecular weight excluding hydrogens is 258 g/mol. The van der Waals surface area contributed by atoms with Crippen molar-refractivity contribution in [3.05, 3.63) is 23.8 Å². The van der Waals surface area contributed by atoms with E-state index in [1.807, 2.05) is 0 Å². The summed E-state index contributed by atoms with van der Waals surface area (Å²) in [5.41, 5.74) is 0.416. The lowest BCUT2D eigenvalue weighted by atomic mass is 10.0. The number of rotatable bonds is 2. The van der Waals surface area contributed by atoms with Gasteiger partial charge in [-0.05, 0) is 18.2 Å². The second-order valence-corrected chi connectivity index (χ2v) is 5.35. The van der Waals surface area contributed by atoms with E-state index < -0.39 is 0 Å². The molecule has 0 bridgehead atoms. The fourth-order valence-corrected chi connectivity index (χ4v) is 2.74. The third kappa shape index (κ3) is 2.44. The Bertz CT molecular complexity index is 508. The molecule has 2 aliphatic heterocycles. The molecular formula is C14H19N3O3. The Morgan fingerprint density at radius 2 is 1.85 bits per heavy atom. The molecule has 20 heavy (non-hydrogen) atoms. The SMILES string of the molecule is O=C(c1ccc(O)c(O)c1)N1CC(N2CCNCC2)C1. The zero-order valence-corrected chi connectivity index (χ0v) is 11.2. The minimum absolute atomic E-state index is 0.0910. The van der Waals surface area contributed by atoms with Crippen LogP contribution in [0.25, 0.3) is 0 Å². The summed E-state index contributed by atoms with van der Waals surface area (Å²) in [4.78, 5) is 16.4. The fraction of sp³-hybridized carbons (Fsp3) is 0.500. The highest BCUT2D eigenvalue weighted by molar-refractivity contribution is 5.95. The Labute approximate surface area is 117 Å². The lowest BCUT2D eigenvalue weighted by Gasteiger charge is -2.46. The van der Waals surface area contributed by atoms with Gasteiger partial charge in [0, 0.05) is 50.9 Å². The normalized spacial score (nSPS) is 20.7. The first-order valence-electron chi connectivity index (χ1n) is 6.91. The number of piperazine rings is 1. The van der Waals surface area contributed by atoms with Crippen LogP contribution in [0.2, 0.25) is 0 Å². The summed E-state index contributed by atoms with van der Waals surface area (Å²) in [6.07, 6.45) is 0. The van der Waals surface area contributed by atoms with Gasteiger partial charge in [-0.1, -0.05) is 0 Å². The Balaban J connectivity index is 1.58. The maximum absolute atomic E-state index is 12.2. The highest BCUT2D eigenvalue weighted by Gasteiger charge is 2.35. The summed E-state index contributed by atoms with van der Waals surface area (Å²) in [5, 5.41) is 22.0. The molecule has 0 unspecified atom stereocenters. The van der Waals surface area contributed by atoms with E-state index in [0.717, 1.165) is 39.3 Å². The number of benzene rings is 1. The molecule has 0 aromatic heterocycles. The van der Waals surface area contributed by atoms with Gasteiger partial charge in [0.1, 0.15) is 0 Å². The van der Waals surface area contributed by atoms with Crippen LogP contribution >= 0.6 is 0 Å². The van der Waals surface area contributed by atoms with Crippen LogP contribution in [0.4, 0.5) is 0 Å². The van der Waals surface area contributed by atoms with E-state index in [9.17, 15) is 15.0 Å². The Morgan fingerprint density at radius 3 is 2.50 bits per heavy atom. The second-order valence-electron chi connectivity index (χ2n) is 5.35. The number of nitrogens with zero attached hydrogens (tertiary/aromatic N) is 2. The van der Waals surface area contributed by atoms with Gasteiger partial charge in [-0.25, -0.2) is 0 Å². The van der Waals surface area contributed by atoms with Gasteiger partial charge in [-0.3, -0.25) is 9.69 Å². The molecule has 3 rings (SSSR count). The predicted octanol–water partition coefficient (Wildman–Crippen LogP) is -0.173. The van der Waals surface area contributed by atoms with Gasteiger partial charge in [-0.15, -0.1) is 0 Å². The van der Waals surface area contributed by atoms with Crippen LogP contribution in [0.5, 0.6) is 11.5 Å². The molecule has 0 spiro atoms. The molecule has 6 heteroatoms. The topological polar surface area (TPSA) is 76.0 Å². The van der Waals surface area contributed by atoms with Crippen molar-refractivity contribution in [1.82, 2.24) is 15.1 Å². The number of hydrogen-bond acceptors (Lipinski definition) is 5. The number of hydrogen-bond donors (Lipinski definition) is 3. The molecule has 1 aromatic carbocycles. The van der Waals surface area contributed by atoms with Gasteiger partial charge in [0.25, 0.3) is 5.91 Å². The average Bonchev–Trinajstić information content (AvgIpc) is 2.41. The third-order valence-electron chi connectivity index (χ3n) is 4.04. The van der Waals surface area contributed by atoms with Crippen LogP contribution in [-0.2, 0) is 0 Å². The monoisotopic (exact) mass is 277 g/mol. The van der Waals surface area contributed by atoms with Gasteiger partial charge >= 0.3 is 0 Å². The minimum atomic E-state index is -0.255. The molecule has 6 nitrogen and oxygen atoms in total. The number of phenols is 2. The predicted molar refractivity (Wildman–Crippen MR) is 73.9 cm³/mol. The zero-order chi connectivity index (χ0) is 14.1. The summed E-state index contributed by atoms with van der Waals surface area (Å²) >= 11 is 0. The standard InChI is InChI=1S/C14H19N3O3/c18-12-2-1-10(7-13(12)19)14(20)17-8-11(9-17)16-5-3-15-4-6-16/h1-2,7,11,15,18-19H,3-6,8-9H2. The van der Waals surface area contributed by atoms with Crippen molar-refractivity contribution in [2.45, 2.75) is 6.04 Å². The minimum Gasteiger partial charge on any atom is -0.504 e. The van der Waals surface area contributed by atoms with Crippen LogP contribution < -0.4 is 5.32 Å². The number of amides is 1. The van der Waals surface area contributed by atoms with E-state index in [-0.39, 0.29) is 17.4 Å². The van der Waals surface area contributed by atoms with E-state index in [1.165, 1.54) is 18.2 Å². The number of aromatic hydroxyl groups is 2. The highest BCUT2D eigenvalue weighted by atomic mass is 16.3. The molecule has 1 amide bonds. The van der Waals surface area contributed by atoms with Crippen LogP contribution in [0.3, 0.4) is 0 Å². The molecule has 3 N–H and O–H groups in total. The molecule has 0 aliphatic carbocycles. The first kappa shape index (κ1) is 13.2. The van der Waals surface area contributed by atoms with Gasteiger partial charge in [0.05, 0.1) is 0 Å². The van der Waals surface area contributed by atoms with Gasteiger partial charge in [-0.2, -0.15) is 0 Å². The first-order valence-corrected chi connectivity index (χ1v) is 6.91. The number of likely N-dealkylation sites (tertiary alicyclic amines) is 1. The molecule has 0 radical (unpaired) electrons. The van der Waals surface area contributed by atoms with Crippen LogP contribution in [0.1, 0.15) is 10.4 Å². The van der Waals surface area contributed by atoms with E-state index in [1.54, 1.807) is 4.90 Å². The van der Waals surface area contributed by atoms with E-state index >= 15 is 0 Å². The molecule has 108 valence electrons. The number of carbonyl (C=O) groups excluding carboxylic acids is 1. The quantitative estimate of drug-likeness (QED) is 0.654. The first-order chi connectivity index (χ1) is 9.65. The molecule has 2 saturated heterocycles. The molecule has 0 saturated carbocycles. The molecule has 2 fully saturated rings. The van der Waals surface area contributed by atoms with Crippen molar-refractivity contribution in [2.24, 2.45) is 0 Å². The van der Waals surface area contributed by atoms with Gasteiger partial charge in [0.2, 0.25) is 0 Å². The third-order valence-corrected chi connectivity index (χ3v) is 4.04. The zero-order valence-electron chi connectivity index (χ0n) is 11.2. The van der Waals surface area contributed by atoms with E-state index in [2.05, 4.69) is 10.2 Å². The maximum Gasteiger partial charge on any atom is 0.254 e. The largest absolute Gasteiger partial charge is 0.504 e. The Morgan fingerprint density at radius 1 is 1.15 bits per heavy atom. The summed E-state index contributed by atoms with van der Waals surface area (Å²) in [6, 6.07) is 4.65. The number of carbonyl (C=O) groups is 1. The number of nitrogens with one attached hydrogen (secondary N) is 1. The smallest absolute Gasteiger partial charge is 0.254 e. The Kier molecular flexibility index (Phi) is 3.50. The Hall–Kier alpha value is -1.79. The van der Waals surface area contributed by atoms with E-state index in [0.29, 0.717) is 11.6 Å². The second kappa shape index (κ2) is 5.30. The summed E-state index contributed by atoms with van der Waals surface area (Å²) < 4.78 is 0. The molecule has 2 heterocycles. The lowest BCUT2D eigenvalue weighted by molar-refractivity contribution is 0.0227. The van der Waals surface area contributed by atoms with Gasteiger partial charge in [0.15, 0.2) is 11.5 Å². The highest BCUT2D eigenvalue weighted by Crippen LogP contribution is 2.26. The maximum atomic E-state index is 12.2. The van der Waals surface area contributed by atoms with Crippen molar-refractivity contribution in [3.63, 3.8) is 0 Å². The average molecular weight is 277 g/mol. The fourth-order valence-electron chi connectivity index (χ4n) is 2.74. The number of phenolic OH excluding ortho intramolecular Hbond substituents is 2. The van der Waals surface area contributed by atoms with Crippen molar-refractivity contribution in [1.29, 1.82) is 0 Å². The lowest BCUT2D eigenvalue weighted by Crippen LogP contribution is -2.63. The van der Waals surface area contributed by atoms with Crippen LogP contribution in [0, 0.1) is 0 Å². The van der Waals surface area contributed by atoms with Crippen LogP contribution in [0.15, 0.2) is 18.2 Å². The molecule has 1 aromatic rings. The van der Waals surface area contributed by atoms with Gasteiger partial charge < -0.3 is 20.4 Å². The van der Waals surface area contributed by atoms with Crippen LogP contribution in [-0.4, -0.2) is 71.2 Å². The van der Waals surface area contributed by atoms with Crippen molar-refractivity contribution >= 4 is 5.91 Å². The summed E-state index contributed by atoms with van der Waals surface area (Å²) in [6.45, 7) is 5.56. The van der Waals surface area contributed by atoms with E-state index in [4.69, 9.17) is 0 Å². The van der Waals surface area contributed by atoms with Crippen molar-refractivity contribution < 1.29 is 15.0 Å². The van der Waals surface area contributed by atoms with Crippen molar-refractivity contribution in [3.8, 4) is 11.5 Å². The van der Waals surface area contributed by atoms with Crippen molar-refractivity contribution in [2.75, 3.05) is 39.3 Å². The summed E-state index contributed by atoms with van der Waals surface area (Å²) in [7, 11) is 0.